The fourth-order valence-corrected chi connectivity index (χ4v) is 11.5. The molecule has 4 aromatic carbocycles. The minimum Gasteiger partial charge on any atom is -0.497 e. The number of hydrogen-bond donors (Lipinski definition) is 0. The molecule has 6 nitrogen and oxygen atoms in total. The van der Waals surface area contributed by atoms with Crippen LogP contribution < -0.4 is 9.80 Å². The van der Waals surface area contributed by atoms with Crippen molar-refractivity contribution in [2.24, 2.45) is 0 Å². The van der Waals surface area contributed by atoms with Crippen molar-refractivity contribution in [3.05, 3.63) is 203 Å². The van der Waals surface area contributed by atoms with Gasteiger partial charge in [0.2, 0.25) is 0 Å². The predicted molar refractivity (Wildman–Crippen MR) is 218 cm³/mol. The topological polar surface area (TPSA) is 38.7 Å². The van der Waals surface area contributed by atoms with Crippen LogP contribution in [0.25, 0.3) is 22.3 Å². The zero-order chi connectivity index (χ0) is 36.6. The fourth-order valence-electron chi connectivity index (χ4n) is 11.5. The van der Waals surface area contributed by atoms with Crippen LogP contribution in [0.15, 0.2) is 145 Å². The molecule has 278 valence electrons. The van der Waals surface area contributed by atoms with Crippen LogP contribution in [0.5, 0.6) is 0 Å². The summed E-state index contributed by atoms with van der Waals surface area (Å²) in [6.45, 7) is 4.84. The van der Waals surface area contributed by atoms with Gasteiger partial charge >= 0.3 is 21.1 Å². The van der Waals surface area contributed by atoms with Crippen LogP contribution in [0.1, 0.15) is 84.7 Å². The van der Waals surface area contributed by atoms with E-state index < -0.39 is 11.1 Å². The molecule has 2 spiro atoms. The van der Waals surface area contributed by atoms with Gasteiger partial charge in [-0.25, -0.2) is 0 Å². The number of fused-ring (bicyclic) bond motifs is 28. The normalized spacial score (nSPS) is 19.8. The van der Waals surface area contributed by atoms with Crippen molar-refractivity contribution in [3.63, 3.8) is 0 Å². The molecule has 2 aromatic heterocycles. The van der Waals surface area contributed by atoms with Crippen LogP contribution in [0, 0.1) is 25.5 Å². The van der Waals surface area contributed by atoms with Gasteiger partial charge in [-0.1, -0.05) is 48.5 Å². The largest absolute Gasteiger partial charge is 4.00 e. The van der Waals surface area contributed by atoms with E-state index in [2.05, 4.69) is 155 Å². The van der Waals surface area contributed by atoms with E-state index in [1.54, 1.807) is 0 Å². The molecule has 0 radical (unpaired) electrons. The first-order chi connectivity index (χ1) is 27.8. The smallest absolute Gasteiger partial charge is 0.497 e. The molecule has 7 aliphatic rings. The number of hydrogen-bond acceptors (Lipinski definition) is 6. The Hall–Kier alpha value is -5.45. The van der Waals surface area contributed by atoms with E-state index in [9.17, 15) is 0 Å². The summed E-state index contributed by atoms with van der Waals surface area (Å²) in [6.07, 6.45) is 16.7. The van der Waals surface area contributed by atoms with Gasteiger partial charge in [0.1, 0.15) is 5.66 Å². The van der Waals surface area contributed by atoms with Gasteiger partial charge in [0.25, 0.3) is 0 Å². The molecule has 0 atom stereocenters. The van der Waals surface area contributed by atoms with Crippen LogP contribution in [0.3, 0.4) is 0 Å². The Bertz CT molecular complexity index is 2550. The van der Waals surface area contributed by atoms with Gasteiger partial charge in [0, 0.05) is 75.2 Å². The second kappa shape index (κ2) is 12.3. The number of nitrogens with zero attached hydrogens (tertiary/aromatic N) is 6. The maximum atomic E-state index is 4.70. The first-order valence-corrected chi connectivity index (χ1v) is 20.2. The Labute approximate surface area is 348 Å². The molecule has 4 aliphatic carbocycles. The average molecular weight is 918 g/mol. The number of rotatable bonds is 0. The minimum absolute atomic E-state index is 0. The van der Waals surface area contributed by atoms with Crippen molar-refractivity contribution in [2.75, 3.05) is 9.80 Å². The van der Waals surface area contributed by atoms with Crippen molar-refractivity contribution in [1.82, 2.24) is 19.8 Å². The van der Waals surface area contributed by atoms with Gasteiger partial charge in [-0.15, -0.1) is 35.8 Å². The number of benzene rings is 4. The van der Waals surface area contributed by atoms with Crippen molar-refractivity contribution in [2.45, 2.75) is 62.4 Å². The molecule has 8 bridgehead atoms. The number of anilines is 2. The molecule has 0 fully saturated rings. The van der Waals surface area contributed by atoms with Crippen LogP contribution >= 0.6 is 0 Å². The zero-order valence-electron chi connectivity index (χ0n) is 31.4. The summed E-state index contributed by atoms with van der Waals surface area (Å²) < 4.78 is 0. The van der Waals surface area contributed by atoms with E-state index in [1.807, 2.05) is 12.4 Å². The Morgan fingerprint density at radius 3 is 1.42 bits per heavy atom. The van der Waals surface area contributed by atoms with Crippen LogP contribution in [0.4, 0.5) is 11.4 Å². The molecular formula is C50H38N6Pt. The van der Waals surface area contributed by atoms with Crippen molar-refractivity contribution < 1.29 is 21.1 Å². The molecule has 0 saturated heterocycles. The molecule has 6 aromatic rings. The van der Waals surface area contributed by atoms with Gasteiger partial charge in [0.05, 0.1) is 0 Å². The standard InChI is InChI=1S/C50H38N6.Pt/c1-3-17-41-37(15-1)38-16-2-4-18-42(38)49(41)33-11-9-13-35(27-33)53-31-55(47-21-7-5-19-45(47)53)50(43-23-25-51-29-39(43)40-30-52-26-24-44(40)50)56-32-54(36-14-10-12-34(49)28-36)46-20-6-8-22-48(46)56;/h1-4,9-18,23-26,29-32H,5-8,19-22H2;/q-4;+4. The molecule has 0 unspecified atom stereocenters. The summed E-state index contributed by atoms with van der Waals surface area (Å²) in [5, 5.41) is 0. The average Bonchev–Trinajstić information content (AvgIpc) is 4.01. The van der Waals surface area contributed by atoms with E-state index in [4.69, 9.17) is 9.97 Å². The van der Waals surface area contributed by atoms with Gasteiger partial charge in [0.15, 0.2) is 0 Å². The minimum atomic E-state index is -0.695. The van der Waals surface area contributed by atoms with E-state index in [-0.39, 0.29) is 21.1 Å². The van der Waals surface area contributed by atoms with E-state index >= 15 is 0 Å². The van der Waals surface area contributed by atoms with Crippen molar-refractivity contribution in [1.29, 1.82) is 0 Å². The van der Waals surface area contributed by atoms with Crippen molar-refractivity contribution in [3.8, 4) is 22.3 Å². The maximum Gasteiger partial charge on any atom is 4.00 e. The summed E-state index contributed by atoms with van der Waals surface area (Å²) in [5.41, 5.74) is 18.5. The first kappa shape index (κ1) is 33.7. The monoisotopic (exact) mass is 917 g/mol. The molecule has 7 heteroatoms. The third kappa shape index (κ3) is 4.19. The summed E-state index contributed by atoms with van der Waals surface area (Å²) in [7, 11) is 0. The Morgan fingerprint density at radius 1 is 0.474 bits per heavy atom. The molecule has 57 heavy (non-hydrogen) atoms. The van der Waals surface area contributed by atoms with Crippen LogP contribution in [0.2, 0.25) is 0 Å². The summed E-state index contributed by atoms with van der Waals surface area (Å²) in [6, 6.07) is 44.4. The molecular weight excluding hydrogens is 880 g/mol. The van der Waals surface area contributed by atoms with Gasteiger partial charge < -0.3 is 19.6 Å². The Balaban J connectivity index is 0.00000356. The van der Waals surface area contributed by atoms with E-state index in [0.29, 0.717) is 0 Å². The SMILES string of the molecule is [Pt+4].[c-]1c2cccc1C1(c3[c-]c(ccc3)N3[CH-]N(C4=C3CCCC4)C3(c4ccncc4-c4cnccc43)N3[CH-]N2C2=C3CCCC2)c2ccccc2-c2ccccc21. The maximum absolute atomic E-state index is 4.70. The molecule has 0 N–H and O–H groups in total. The van der Waals surface area contributed by atoms with Crippen LogP contribution in [-0.4, -0.2) is 19.8 Å². The summed E-state index contributed by atoms with van der Waals surface area (Å²) >= 11 is 0. The molecule has 13 rings (SSSR count). The second-order valence-corrected chi connectivity index (χ2v) is 16.2. The molecule has 3 aliphatic heterocycles. The predicted octanol–water partition coefficient (Wildman–Crippen LogP) is 10.4. The third-order valence-electron chi connectivity index (χ3n) is 13.7. The molecule has 5 heterocycles. The quantitative estimate of drug-likeness (QED) is 0.141. The number of pyridine rings is 2. The zero-order valence-corrected chi connectivity index (χ0v) is 33.6. The van der Waals surface area contributed by atoms with Crippen molar-refractivity contribution >= 4 is 11.4 Å². The van der Waals surface area contributed by atoms with E-state index in [1.165, 1.54) is 56.2 Å². The fraction of sp³-hybridized carbons (Fsp3) is 0.200. The first-order valence-electron chi connectivity index (χ1n) is 20.2. The Kier molecular flexibility index (Phi) is 7.25. The molecule has 0 amide bonds. The van der Waals surface area contributed by atoms with Gasteiger partial charge in [-0.2, -0.15) is 48.5 Å². The van der Waals surface area contributed by atoms with Gasteiger partial charge in [-0.05, 0) is 85.8 Å². The summed E-state index contributed by atoms with van der Waals surface area (Å²) in [5.74, 6) is 0. The second-order valence-electron chi connectivity index (χ2n) is 16.2. The summed E-state index contributed by atoms with van der Waals surface area (Å²) in [4.78, 5) is 19.7. The Morgan fingerprint density at radius 2 is 0.930 bits per heavy atom. The van der Waals surface area contributed by atoms with E-state index in [0.717, 1.165) is 85.0 Å². The van der Waals surface area contributed by atoms with Gasteiger partial charge in [-0.3, -0.25) is 9.97 Å². The van der Waals surface area contributed by atoms with Crippen LogP contribution in [-0.2, 0) is 32.1 Å². The number of aromatic nitrogens is 2. The molecule has 0 saturated carbocycles. The number of allylic oxidation sites excluding steroid dienone is 4. The third-order valence-corrected chi connectivity index (χ3v) is 13.7.